The molecule has 0 aliphatic carbocycles. The Balaban J connectivity index is 1.70. The molecule has 0 spiro atoms. The Kier molecular flexibility index (Phi) is 5.32. The zero-order chi connectivity index (χ0) is 18.7. The molecule has 1 amide bonds. The Labute approximate surface area is 154 Å². The molecule has 0 radical (unpaired) electrons. The van der Waals surface area contributed by atoms with Crippen molar-refractivity contribution in [2.75, 3.05) is 12.8 Å². The summed E-state index contributed by atoms with van der Waals surface area (Å²) in [5.41, 5.74) is 3.08. The first-order valence-electron chi connectivity index (χ1n) is 8.73. The fraction of sp³-hybridized carbons (Fsp3) is 0.350. The summed E-state index contributed by atoms with van der Waals surface area (Å²) in [7, 11) is -3.19. The van der Waals surface area contributed by atoms with Crippen LogP contribution in [-0.4, -0.2) is 33.2 Å². The SMILES string of the molecule is CCCC(=O)NC[C@@H]1Cc2cc(-c3ccc(S(C)(=O)=O)cc3)ccc2O1. The lowest BCUT2D eigenvalue weighted by molar-refractivity contribution is -0.121. The van der Waals surface area contributed by atoms with Crippen molar-refractivity contribution in [3.05, 3.63) is 48.0 Å². The van der Waals surface area contributed by atoms with Crippen molar-refractivity contribution in [3.63, 3.8) is 0 Å². The molecule has 0 saturated carbocycles. The van der Waals surface area contributed by atoms with E-state index in [2.05, 4.69) is 11.4 Å². The van der Waals surface area contributed by atoms with E-state index in [1.165, 1.54) is 6.26 Å². The van der Waals surface area contributed by atoms with Crippen molar-refractivity contribution < 1.29 is 17.9 Å². The van der Waals surface area contributed by atoms with E-state index in [-0.39, 0.29) is 12.0 Å². The van der Waals surface area contributed by atoms with Crippen molar-refractivity contribution in [2.45, 2.75) is 37.2 Å². The summed E-state index contributed by atoms with van der Waals surface area (Å²) >= 11 is 0. The van der Waals surface area contributed by atoms with Gasteiger partial charge in [-0.25, -0.2) is 8.42 Å². The normalized spacial score (nSPS) is 16.0. The first-order chi connectivity index (χ1) is 12.4. The van der Waals surface area contributed by atoms with E-state index in [0.717, 1.165) is 35.3 Å². The standard InChI is InChI=1S/C20H23NO4S/c1-3-4-20(22)21-13-17-12-16-11-15(7-10-19(16)25-17)14-5-8-18(9-6-14)26(2,23)24/h5-11,17H,3-4,12-13H2,1-2H3,(H,21,22)/t17-/m0/s1. The maximum absolute atomic E-state index is 11.6. The second kappa shape index (κ2) is 7.50. The van der Waals surface area contributed by atoms with Gasteiger partial charge in [-0.1, -0.05) is 25.1 Å². The summed E-state index contributed by atoms with van der Waals surface area (Å²) < 4.78 is 29.0. The molecule has 0 aromatic heterocycles. The Hall–Kier alpha value is -2.34. The summed E-state index contributed by atoms with van der Waals surface area (Å²) in [4.78, 5) is 11.9. The lowest BCUT2D eigenvalue weighted by Gasteiger charge is -2.11. The summed E-state index contributed by atoms with van der Waals surface area (Å²) in [5, 5.41) is 2.91. The van der Waals surface area contributed by atoms with Gasteiger partial charge in [0.05, 0.1) is 11.4 Å². The fourth-order valence-electron chi connectivity index (χ4n) is 3.05. The monoisotopic (exact) mass is 373 g/mol. The highest BCUT2D eigenvalue weighted by molar-refractivity contribution is 7.90. The number of nitrogens with one attached hydrogen (secondary N) is 1. The number of benzene rings is 2. The van der Waals surface area contributed by atoms with E-state index < -0.39 is 9.84 Å². The molecule has 1 aliphatic heterocycles. The number of amides is 1. The highest BCUT2D eigenvalue weighted by Gasteiger charge is 2.23. The molecule has 2 aromatic rings. The fourth-order valence-corrected chi connectivity index (χ4v) is 3.68. The molecule has 1 N–H and O–H groups in total. The Morgan fingerprint density at radius 2 is 1.85 bits per heavy atom. The average molecular weight is 373 g/mol. The molecule has 0 bridgehead atoms. The zero-order valence-corrected chi connectivity index (χ0v) is 15.8. The van der Waals surface area contributed by atoms with Gasteiger partial charge in [0.15, 0.2) is 9.84 Å². The summed E-state index contributed by atoms with van der Waals surface area (Å²) in [5.74, 6) is 0.898. The van der Waals surface area contributed by atoms with Crippen molar-refractivity contribution in [2.24, 2.45) is 0 Å². The van der Waals surface area contributed by atoms with Crippen LogP contribution in [0.25, 0.3) is 11.1 Å². The molecule has 5 nitrogen and oxygen atoms in total. The van der Waals surface area contributed by atoms with Gasteiger partial charge in [-0.3, -0.25) is 4.79 Å². The molecule has 3 rings (SSSR count). The topological polar surface area (TPSA) is 72.5 Å². The first-order valence-corrected chi connectivity index (χ1v) is 10.6. The van der Waals surface area contributed by atoms with Crippen molar-refractivity contribution in [1.29, 1.82) is 0 Å². The van der Waals surface area contributed by atoms with E-state index in [4.69, 9.17) is 4.74 Å². The molecule has 6 heteroatoms. The van der Waals surface area contributed by atoms with Gasteiger partial charge in [-0.2, -0.15) is 0 Å². The van der Waals surface area contributed by atoms with Crippen LogP contribution in [0.1, 0.15) is 25.3 Å². The van der Waals surface area contributed by atoms with Crippen molar-refractivity contribution in [1.82, 2.24) is 5.32 Å². The Morgan fingerprint density at radius 3 is 2.50 bits per heavy atom. The van der Waals surface area contributed by atoms with Crippen LogP contribution in [0.4, 0.5) is 0 Å². The smallest absolute Gasteiger partial charge is 0.220 e. The number of hydrogen-bond donors (Lipinski definition) is 1. The molecular formula is C20H23NO4S. The number of carbonyl (C=O) groups is 1. The molecule has 0 unspecified atom stereocenters. The zero-order valence-electron chi connectivity index (χ0n) is 15.0. The predicted octanol–water partition coefficient (Wildman–Crippen LogP) is 2.98. The highest BCUT2D eigenvalue weighted by atomic mass is 32.2. The van der Waals surface area contributed by atoms with E-state index in [9.17, 15) is 13.2 Å². The Morgan fingerprint density at radius 1 is 1.15 bits per heavy atom. The summed E-state index contributed by atoms with van der Waals surface area (Å²) in [6, 6.07) is 12.8. The molecule has 1 heterocycles. The van der Waals surface area contributed by atoms with E-state index >= 15 is 0 Å². The van der Waals surface area contributed by atoms with Gasteiger partial charge < -0.3 is 10.1 Å². The molecule has 138 valence electrons. The number of hydrogen-bond acceptors (Lipinski definition) is 4. The Bertz CT molecular complexity index is 904. The van der Waals surface area contributed by atoms with Gasteiger partial charge in [0.1, 0.15) is 11.9 Å². The molecule has 1 aliphatic rings. The van der Waals surface area contributed by atoms with Gasteiger partial charge in [0.2, 0.25) is 5.91 Å². The third-order valence-electron chi connectivity index (χ3n) is 4.42. The number of rotatable bonds is 6. The molecule has 26 heavy (non-hydrogen) atoms. The van der Waals surface area contributed by atoms with Crippen molar-refractivity contribution >= 4 is 15.7 Å². The van der Waals surface area contributed by atoms with Crippen LogP contribution in [0.15, 0.2) is 47.4 Å². The van der Waals surface area contributed by atoms with E-state index in [1.54, 1.807) is 12.1 Å². The third-order valence-corrected chi connectivity index (χ3v) is 5.55. The van der Waals surface area contributed by atoms with Crippen LogP contribution in [0.5, 0.6) is 5.75 Å². The minimum atomic E-state index is -3.19. The van der Waals surface area contributed by atoms with Gasteiger partial charge >= 0.3 is 0 Å². The second-order valence-corrected chi connectivity index (χ2v) is 8.63. The van der Waals surface area contributed by atoms with E-state index in [1.807, 2.05) is 31.2 Å². The van der Waals surface area contributed by atoms with Crippen LogP contribution < -0.4 is 10.1 Å². The van der Waals surface area contributed by atoms with Crippen molar-refractivity contribution in [3.8, 4) is 16.9 Å². The van der Waals surface area contributed by atoms with Gasteiger partial charge in [0.25, 0.3) is 0 Å². The number of ether oxygens (including phenoxy) is 1. The third kappa shape index (κ3) is 4.25. The number of sulfone groups is 1. The van der Waals surface area contributed by atoms with Crippen LogP contribution in [-0.2, 0) is 21.1 Å². The van der Waals surface area contributed by atoms with Crippen LogP contribution in [0.3, 0.4) is 0 Å². The lowest BCUT2D eigenvalue weighted by atomic mass is 10.0. The number of fused-ring (bicyclic) bond motifs is 1. The minimum Gasteiger partial charge on any atom is -0.488 e. The average Bonchev–Trinajstić information content (AvgIpc) is 3.01. The lowest BCUT2D eigenvalue weighted by Crippen LogP contribution is -2.34. The van der Waals surface area contributed by atoms with E-state index in [0.29, 0.717) is 17.9 Å². The number of carbonyl (C=O) groups excluding carboxylic acids is 1. The predicted molar refractivity (Wildman–Crippen MR) is 101 cm³/mol. The van der Waals surface area contributed by atoms with Gasteiger partial charge in [-0.15, -0.1) is 0 Å². The van der Waals surface area contributed by atoms with Crippen LogP contribution >= 0.6 is 0 Å². The molecule has 1 atom stereocenters. The second-order valence-electron chi connectivity index (χ2n) is 6.62. The molecule has 2 aromatic carbocycles. The summed E-state index contributed by atoms with van der Waals surface area (Å²) in [6.45, 7) is 2.48. The molecule has 0 saturated heterocycles. The van der Waals surface area contributed by atoms with Gasteiger partial charge in [-0.05, 0) is 47.4 Å². The maximum Gasteiger partial charge on any atom is 0.220 e. The molecular weight excluding hydrogens is 350 g/mol. The first kappa shape index (κ1) is 18.5. The summed E-state index contributed by atoms with van der Waals surface area (Å²) in [6.07, 6.45) is 3.27. The van der Waals surface area contributed by atoms with Gasteiger partial charge in [0, 0.05) is 19.1 Å². The molecule has 0 fully saturated rings. The highest BCUT2D eigenvalue weighted by Crippen LogP contribution is 2.33. The maximum atomic E-state index is 11.6. The minimum absolute atomic E-state index is 0.0475. The quantitative estimate of drug-likeness (QED) is 0.845. The van der Waals surface area contributed by atoms with Crippen LogP contribution in [0, 0.1) is 0 Å². The van der Waals surface area contributed by atoms with Crippen LogP contribution in [0.2, 0.25) is 0 Å². The largest absolute Gasteiger partial charge is 0.488 e.